The van der Waals surface area contributed by atoms with Gasteiger partial charge in [0.15, 0.2) is 12.5 Å². The Labute approximate surface area is 201 Å². The molecular weight excluding hydrogens is 517 g/mol. The molecule has 0 bridgehead atoms. The molecule has 9 atom stereocenters. The molecule has 0 spiro atoms. The number of amides is 1. The minimum absolute atomic E-state index is 0.462. The summed E-state index contributed by atoms with van der Waals surface area (Å²) in [6.07, 6.45) is -9.83. The number of nitrogens with one attached hydrogen (secondary N) is 2. The molecule has 2 aliphatic rings. The maximum Gasteiger partial charge on any atom is 0.469 e. The Morgan fingerprint density at radius 1 is 1.08 bits per heavy atom. The van der Waals surface area contributed by atoms with Gasteiger partial charge in [-0.15, -0.1) is 0 Å². The molecule has 3 rings (SSSR count). The highest BCUT2D eigenvalue weighted by Gasteiger charge is 2.45. The van der Waals surface area contributed by atoms with Crippen LogP contribution in [-0.4, -0.2) is 118 Å². The van der Waals surface area contributed by atoms with Crippen molar-refractivity contribution >= 4 is 13.7 Å². The zero-order valence-electron chi connectivity index (χ0n) is 18.6. The quantitative estimate of drug-likeness (QED) is 0.149. The van der Waals surface area contributed by atoms with E-state index in [0.717, 1.165) is 16.8 Å². The second-order valence-electron chi connectivity index (χ2n) is 7.81. The van der Waals surface area contributed by atoms with Crippen LogP contribution in [0.5, 0.6) is 0 Å². The standard InChI is InChI=1S/C9H13N2O9P.C8H15NO6/c12-5-1-2-11(9(15)10-5)8-7(14)6(13)4(20-8)3-19-21(16,17)18;1-3(11)9-5-7(13)6(12)4(2-10)15-8(5)14/h1-2,4,6-8,13-14H,3H2,(H,10,12,15)(H2,16,17,18);4-8,10,12-14H,2H2,1H3,(H,9,11)/t4-,6?,7+,8-;4-,5-,6-,7-,8?/m11/s1. The lowest BCUT2D eigenvalue weighted by Gasteiger charge is -2.40. The first-order valence-electron chi connectivity index (χ1n) is 10.3. The third-order valence-corrected chi connectivity index (χ3v) is 5.62. The van der Waals surface area contributed by atoms with Gasteiger partial charge in [-0.3, -0.25) is 23.7 Å². The van der Waals surface area contributed by atoms with E-state index in [2.05, 4.69) is 9.84 Å². The van der Waals surface area contributed by atoms with E-state index in [9.17, 15) is 44.5 Å². The summed E-state index contributed by atoms with van der Waals surface area (Å²) >= 11 is 0. The summed E-state index contributed by atoms with van der Waals surface area (Å²) in [5.41, 5.74) is -1.51. The molecule has 36 heavy (non-hydrogen) atoms. The van der Waals surface area contributed by atoms with Crippen molar-refractivity contribution in [1.82, 2.24) is 14.9 Å². The van der Waals surface area contributed by atoms with Gasteiger partial charge in [0.1, 0.15) is 42.7 Å². The van der Waals surface area contributed by atoms with Crippen molar-refractivity contribution in [3.05, 3.63) is 33.1 Å². The van der Waals surface area contributed by atoms with Crippen LogP contribution < -0.4 is 16.6 Å². The highest BCUT2D eigenvalue weighted by molar-refractivity contribution is 7.46. The maximum absolute atomic E-state index is 11.6. The summed E-state index contributed by atoms with van der Waals surface area (Å²) < 4.78 is 25.6. The molecular formula is C17H28N3O15P. The molecule has 0 aromatic carbocycles. The Hall–Kier alpha value is -2.06. The number of nitrogens with zero attached hydrogens (tertiary/aromatic N) is 1. The van der Waals surface area contributed by atoms with E-state index >= 15 is 0 Å². The Morgan fingerprint density at radius 3 is 2.22 bits per heavy atom. The summed E-state index contributed by atoms with van der Waals surface area (Å²) in [4.78, 5) is 52.4. The van der Waals surface area contributed by atoms with Gasteiger partial charge >= 0.3 is 13.5 Å². The van der Waals surface area contributed by atoms with Gasteiger partial charge in [-0.1, -0.05) is 0 Å². The zero-order valence-corrected chi connectivity index (χ0v) is 19.5. The molecule has 1 amide bonds. The van der Waals surface area contributed by atoms with Crippen LogP contribution in [0.1, 0.15) is 13.2 Å². The van der Waals surface area contributed by atoms with E-state index in [1.807, 2.05) is 4.98 Å². The number of hydrogen-bond acceptors (Lipinski definition) is 13. The van der Waals surface area contributed by atoms with Crippen LogP contribution in [0, 0.1) is 0 Å². The van der Waals surface area contributed by atoms with Gasteiger partial charge in [-0.05, 0) is 0 Å². The molecule has 0 saturated carbocycles. The summed E-state index contributed by atoms with van der Waals surface area (Å²) in [6, 6.07) is -0.0797. The zero-order chi connectivity index (χ0) is 27.4. The van der Waals surface area contributed by atoms with Gasteiger partial charge in [0.05, 0.1) is 13.2 Å². The van der Waals surface area contributed by atoms with Crippen molar-refractivity contribution in [3.63, 3.8) is 0 Å². The molecule has 0 radical (unpaired) electrons. The number of aliphatic hydroxyl groups excluding tert-OH is 6. The average Bonchev–Trinajstić information content (AvgIpc) is 3.06. The van der Waals surface area contributed by atoms with Gasteiger partial charge in [-0.2, -0.15) is 0 Å². The smallest absolute Gasteiger partial charge is 0.394 e. The van der Waals surface area contributed by atoms with E-state index in [0.29, 0.717) is 0 Å². The topological polar surface area (TPSA) is 291 Å². The van der Waals surface area contributed by atoms with Crippen molar-refractivity contribution in [3.8, 4) is 0 Å². The van der Waals surface area contributed by atoms with Crippen LogP contribution in [0.4, 0.5) is 0 Å². The number of rotatable bonds is 6. The number of aromatic amines is 1. The fraction of sp³-hybridized carbons (Fsp3) is 0.706. The lowest BCUT2D eigenvalue weighted by molar-refractivity contribution is -0.253. The summed E-state index contributed by atoms with van der Waals surface area (Å²) in [5.74, 6) is -0.462. The summed E-state index contributed by atoms with van der Waals surface area (Å²) in [7, 11) is -4.76. The van der Waals surface area contributed by atoms with Gasteiger partial charge in [-0.25, -0.2) is 9.36 Å². The number of carbonyl (C=O) groups excluding carboxylic acids is 1. The highest BCUT2D eigenvalue weighted by atomic mass is 31.2. The largest absolute Gasteiger partial charge is 0.469 e. The Morgan fingerprint density at radius 2 is 1.69 bits per heavy atom. The molecule has 2 unspecified atom stereocenters. The molecule has 18 nitrogen and oxygen atoms in total. The Bertz CT molecular complexity index is 1040. The third kappa shape index (κ3) is 7.72. The lowest BCUT2D eigenvalue weighted by Crippen LogP contribution is -2.63. The molecule has 1 aromatic rings. The first-order valence-corrected chi connectivity index (χ1v) is 11.8. The monoisotopic (exact) mass is 545 g/mol. The molecule has 1 aromatic heterocycles. The highest BCUT2D eigenvalue weighted by Crippen LogP contribution is 2.38. The molecule has 206 valence electrons. The summed E-state index contributed by atoms with van der Waals surface area (Å²) in [5, 5.41) is 59.0. The van der Waals surface area contributed by atoms with E-state index in [4.69, 9.17) is 24.4 Å². The first-order chi connectivity index (χ1) is 16.7. The number of hydrogen-bond donors (Lipinski definition) is 10. The number of ether oxygens (including phenoxy) is 2. The summed E-state index contributed by atoms with van der Waals surface area (Å²) in [6.45, 7) is 0.00311. The predicted molar refractivity (Wildman–Crippen MR) is 113 cm³/mol. The molecule has 19 heteroatoms. The van der Waals surface area contributed by atoms with Crippen LogP contribution in [0.25, 0.3) is 0 Å². The van der Waals surface area contributed by atoms with E-state index < -0.39 is 93.4 Å². The van der Waals surface area contributed by atoms with Crippen LogP contribution in [0.3, 0.4) is 0 Å². The number of aliphatic hydroxyl groups is 6. The second-order valence-corrected chi connectivity index (χ2v) is 9.04. The third-order valence-electron chi connectivity index (χ3n) is 5.14. The van der Waals surface area contributed by atoms with Crippen molar-refractivity contribution in [2.75, 3.05) is 13.2 Å². The van der Waals surface area contributed by atoms with E-state index in [1.54, 1.807) is 0 Å². The SMILES string of the molecule is CC(=O)N[C@H]1C(O)O[C@H](CO)[C@@H](O)[C@@H]1O.O=c1ccn([C@@H]2O[C@H](COP(=O)(O)O)C(O)[C@@H]2O)c(=O)[nH]1. The average molecular weight is 545 g/mol. The number of carbonyl (C=O) groups is 1. The predicted octanol–water partition coefficient (Wildman–Crippen LogP) is -5.81. The number of phosphoric acid groups is 1. The normalized spacial score (nSPS) is 34.5. The van der Waals surface area contributed by atoms with Crippen LogP contribution in [0.15, 0.2) is 21.9 Å². The van der Waals surface area contributed by atoms with Crippen LogP contribution >= 0.6 is 7.82 Å². The van der Waals surface area contributed by atoms with Gasteiger partial charge in [0.25, 0.3) is 5.56 Å². The molecule has 10 N–H and O–H groups in total. The number of aromatic nitrogens is 2. The second kappa shape index (κ2) is 12.5. The van der Waals surface area contributed by atoms with E-state index in [1.165, 1.54) is 6.92 Å². The van der Waals surface area contributed by atoms with Crippen molar-refractivity contribution in [1.29, 1.82) is 0 Å². The van der Waals surface area contributed by atoms with Crippen LogP contribution in [0.2, 0.25) is 0 Å². The fourth-order valence-corrected chi connectivity index (χ4v) is 3.72. The van der Waals surface area contributed by atoms with Crippen molar-refractivity contribution in [2.45, 2.75) is 62.1 Å². The van der Waals surface area contributed by atoms with Gasteiger partial charge in [0, 0.05) is 19.2 Å². The number of phosphoric ester groups is 1. The van der Waals surface area contributed by atoms with Gasteiger partial charge in [0.2, 0.25) is 5.91 Å². The lowest BCUT2D eigenvalue weighted by atomic mass is 9.97. The number of H-pyrrole nitrogens is 1. The maximum atomic E-state index is 11.6. The molecule has 2 saturated heterocycles. The molecule has 0 aliphatic carbocycles. The Balaban J connectivity index is 0.000000269. The van der Waals surface area contributed by atoms with Crippen LogP contribution in [-0.2, 0) is 23.4 Å². The van der Waals surface area contributed by atoms with Gasteiger partial charge < -0.3 is 55.2 Å². The fourth-order valence-electron chi connectivity index (χ4n) is 3.38. The molecule has 3 heterocycles. The Kier molecular flexibility index (Phi) is 10.4. The van der Waals surface area contributed by atoms with Crippen molar-refractivity contribution in [2.24, 2.45) is 0 Å². The van der Waals surface area contributed by atoms with Crippen molar-refractivity contribution < 1.29 is 63.8 Å². The molecule has 2 aliphatic heterocycles. The minimum atomic E-state index is -4.76. The minimum Gasteiger partial charge on any atom is -0.394 e. The molecule has 2 fully saturated rings. The van der Waals surface area contributed by atoms with E-state index in [-0.39, 0.29) is 0 Å². The first kappa shape index (κ1) is 30.2.